The summed E-state index contributed by atoms with van der Waals surface area (Å²) in [6.45, 7) is 0.102. The number of anilines is 1. The molecule has 122 valence electrons. The Bertz CT molecular complexity index is 552. The highest BCUT2D eigenvalue weighted by Crippen LogP contribution is 2.32. The molecule has 0 radical (unpaired) electrons. The molecular weight excluding hydrogens is 327 g/mol. The first-order valence-corrected chi connectivity index (χ1v) is 6.53. The van der Waals surface area contributed by atoms with Crippen LogP contribution >= 0.6 is 11.6 Å². The van der Waals surface area contributed by atoms with Crippen molar-refractivity contribution >= 4 is 29.3 Å². The minimum atomic E-state index is -4.53. The molecule has 0 unspecified atom stereocenters. The second kappa shape index (κ2) is 7.83. The lowest BCUT2D eigenvalue weighted by molar-refractivity contribution is -0.138. The van der Waals surface area contributed by atoms with E-state index in [-0.39, 0.29) is 36.8 Å². The fourth-order valence-corrected chi connectivity index (χ4v) is 1.65. The third-order valence-corrected chi connectivity index (χ3v) is 2.76. The second-order valence-corrected chi connectivity index (χ2v) is 4.63. The molecule has 0 fully saturated rings. The summed E-state index contributed by atoms with van der Waals surface area (Å²) in [6.07, 6.45) is -4.08. The highest BCUT2D eigenvalue weighted by molar-refractivity contribution is 6.32. The average molecular weight is 340 g/mol. The predicted molar refractivity (Wildman–Crippen MR) is 72.6 cm³/mol. The van der Waals surface area contributed by atoms with E-state index in [4.69, 9.17) is 16.7 Å². The fourth-order valence-electron chi connectivity index (χ4n) is 1.41. The summed E-state index contributed by atoms with van der Waals surface area (Å²) < 4.78 is 37.3. The zero-order valence-electron chi connectivity index (χ0n) is 11.2. The molecule has 1 aromatic heterocycles. The van der Waals surface area contributed by atoms with Crippen molar-refractivity contribution in [2.45, 2.75) is 19.0 Å². The number of carboxylic acids is 1. The number of pyridine rings is 1. The molecule has 0 aromatic carbocycles. The van der Waals surface area contributed by atoms with Crippen LogP contribution < -0.4 is 10.6 Å². The highest BCUT2D eigenvalue weighted by atomic mass is 35.5. The number of hydrogen-bond acceptors (Lipinski definition) is 4. The number of carboxylic acid groups (broad SMARTS) is 1. The van der Waals surface area contributed by atoms with E-state index in [1.54, 1.807) is 0 Å². The lowest BCUT2D eigenvalue weighted by atomic mass is 10.2. The minimum absolute atomic E-state index is 0.00134. The summed E-state index contributed by atoms with van der Waals surface area (Å²) in [6, 6.07) is 0.740. The van der Waals surface area contributed by atoms with Gasteiger partial charge in [-0.3, -0.25) is 9.59 Å². The fraction of sp³-hybridized carbons (Fsp3) is 0.417. The van der Waals surface area contributed by atoms with Crippen LogP contribution in [0.15, 0.2) is 12.3 Å². The van der Waals surface area contributed by atoms with Crippen molar-refractivity contribution in [1.29, 1.82) is 0 Å². The molecule has 3 N–H and O–H groups in total. The van der Waals surface area contributed by atoms with Crippen LogP contribution in [-0.2, 0) is 15.8 Å². The van der Waals surface area contributed by atoms with Gasteiger partial charge in [0.15, 0.2) is 0 Å². The number of carbonyl (C=O) groups excluding carboxylic acids is 1. The molecule has 0 aliphatic heterocycles. The number of aliphatic carboxylic acids is 1. The van der Waals surface area contributed by atoms with Gasteiger partial charge in [-0.05, 0) is 6.07 Å². The molecule has 0 atom stereocenters. The van der Waals surface area contributed by atoms with Crippen LogP contribution in [0, 0.1) is 0 Å². The molecule has 0 spiro atoms. The van der Waals surface area contributed by atoms with E-state index < -0.39 is 23.6 Å². The van der Waals surface area contributed by atoms with E-state index in [0.29, 0.717) is 6.20 Å². The van der Waals surface area contributed by atoms with E-state index in [0.717, 1.165) is 6.07 Å². The van der Waals surface area contributed by atoms with Crippen LogP contribution in [0.5, 0.6) is 0 Å². The average Bonchev–Trinajstić information content (AvgIpc) is 2.39. The standard InChI is InChI=1S/C12H13ClF3N3O3/c13-8-5-7(12(14,15)16)6-19-11(8)18-3-1-9(20)17-4-2-10(21)22/h5-6H,1-4H2,(H,17,20)(H,18,19)(H,21,22). The number of carbonyl (C=O) groups is 2. The van der Waals surface area contributed by atoms with Crippen molar-refractivity contribution in [3.63, 3.8) is 0 Å². The van der Waals surface area contributed by atoms with Gasteiger partial charge in [-0.2, -0.15) is 13.2 Å². The largest absolute Gasteiger partial charge is 0.481 e. The molecule has 1 amide bonds. The molecule has 22 heavy (non-hydrogen) atoms. The number of alkyl halides is 3. The van der Waals surface area contributed by atoms with E-state index in [1.165, 1.54) is 0 Å². The molecule has 0 saturated heterocycles. The van der Waals surface area contributed by atoms with Gasteiger partial charge in [-0.25, -0.2) is 4.98 Å². The van der Waals surface area contributed by atoms with Gasteiger partial charge in [0.2, 0.25) is 5.91 Å². The van der Waals surface area contributed by atoms with Crippen LogP contribution in [0.1, 0.15) is 18.4 Å². The molecule has 0 aliphatic rings. The van der Waals surface area contributed by atoms with Gasteiger partial charge in [0.05, 0.1) is 17.0 Å². The Labute approximate surface area is 128 Å². The number of amides is 1. The summed E-state index contributed by atoms with van der Waals surface area (Å²) in [5.74, 6) is -1.39. The number of nitrogens with zero attached hydrogens (tertiary/aromatic N) is 1. The van der Waals surface area contributed by atoms with E-state index in [2.05, 4.69) is 15.6 Å². The van der Waals surface area contributed by atoms with Crippen molar-refractivity contribution in [3.05, 3.63) is 22.8 Å². The van der Waals surface area contributed by atoms with Crippen molar-refractivity contribution in [2.75, 3.05) is 18.4 Å². The van der Waals surface area contributed by atoms with Crippen molar-refractivity contribution in [3.8, 4) is 0 Å². The number of hydrogen-bond donors (Lipinski definition) is 3. The summed E-state index contributed by atoms with van der Waals surface area (Å²) in [5, 5.41) is 13.2. The van der Waals surface area contributed by atoms with Crippen LogP contribution in [0.4, 0.5) is 19.0 Å². The minimum Gasteiger partial charge on any atom is -0.481 e. The first-order valence-electron chi connectivity index (χ1n) is 6.15. The molecular formula is C12H13ClF3N3O3. The normalized spacial score (nSPS) is 11.1. The molecule has 6 nitrogen and oxygen atoms in total. The first kappa shape index (κ1) is 18.0. The maximum atomic E-state index is 12.4. The Morgan fingerprint density at radius 3 is 2.50 bits per heavy atom. The quantitative estimate of drug-likeness (QED) is 0.708. The Morgan fingerprint density at radius 2 is 1.95 bits per heavy atom. The van der Waals surface area contributed by atoms with Crippen LogP contribution in [0.3, 0.4) is 0 Å². The number of rotatable bonds is 7. The van der Waals surface area contributed by atoms with Gasteiger partial charge >= 0.3 is 12.1 Å². The molecule has 1 heterocycles. The summed E-state index contributed by atoms with van der Waals surface area (Å²) >= 11 is 5.68. The summed E-state index contributed by atoms with van der Waals surface area (Å²) in [5.41, 5.74) is -0.963. The van der Waals surface area contributed by atoms with E-state index in [9.17, 15) is 22.8 Å². The molecule has 1 aromatic rings. The van der Waals surface area contributed by atoms with Gasteiger partial charge in [0.25, 0.3) is 0 Å². The van der Waals surface area contributed by atoms with Crippen LogP contribution in [0.2, 0.25) is 5.02 Å². The Morgan fingerprint density at radius 1 is 1.27 bits per heavy atom. The molecule has 0 bridgehead atoms. The number of halogens is 4. The van der Waals surface area contributed by atoms with Gasteiger partial charge in [0.1, 0.15) is 5.82 Å². The molecule has 0 saturated carbocycles. The number of nitrogens with one attached hydrogen (secondary N) is 2. The van der Waals surface area contributed by atoms with Gasteiger partial charge < -0.3 is 15.7 Å². The predicted octanol–water partition coefficient (Wildman–Crippen LogP) is 2.15. The summed E-state index contributed by atoms with van der Waals surface area (Å²) in [4.78, 5) is 25.1. The molecule has 10 heteroatoms. The smallest absolute Gasteiger partial charge is 0.417 e. The van der Waals surface area contributed by atoms with Gasteiger partial charge in [-0.1, -0.05) is 11.6 Å². The van der Waals surface area contributed by atoms with Crippen LogP contribution in [-0.4, -0.2) is 35.1 Å². The Balaban J connectivity index is 2.42. The highest BCUT2D eigenvalue weighted by Gasteiger charge is 2.31. The van der Waals surface area contributed by atoms with Gasteiger partial charge in [0, 0.05) is 25.7 Å². The first-order chi connectivity index (χ1) is 10.2. The van der Waals surface area contributed by atoms with Crippen molar-refractivity contribution < 1.29 is 27.9 Å². The van der Waals surface area contributed by atoms with E-state index >= 15 is 0 Å². The summed E-state index contributed by atoms with van der Waals surface area (Å²) in [7, 11) is 0. The molecule has 0 aliphatic carbocycles. The van der Waals surface area contributed by atoms with Gasteiger partial charge in [-0.15, -0.1) is 0 Å². The lowest BCUT2D eigenvalue weighted by Gasteiger charge is -2.10. The third-order valence-electron chi connectivity index (χ3n) is 2.47. The zero-order chi connectivity index (χ0) is 16.8. The topological polar surface area (TPSA) is 91.3 Å². The maximum absolute atomic E-state index is 12.4. The lowest BCUT2D eigenvalue weighted by Crippen LogP contribution is -2.27. The maximum Gasteiger partial charge on any atom is 0.417 e. The SMILES string of the molecule is O=C(O)CCNC(=O)CCNc1ncc(C(F)(F)F)cc1Cl. The van der Waals surface area contributed by atoms with E-state index in [1.807, 2.05) is 0 Å². The van der Waals surface area contributed by atoms with Crippen molar-refractivity contribution in [2.24, 2.45) is 0 Å². The van der Waals surface area contributed by atoms with Crippen molar-refractivity contribution in [1.82, 2.24) is 10.3 Å². The third kappa shape index (κ3) is 6.17. The Hall–Kier alpha value is -2.03. The number of aromatic nitrogens is 1. The van der Waals surface area contributed by atoms with Crippen LogP contribution in [0.25, 0.3) is 0 Å². The monoisotopic (exact) mass is 339 g/mol. The molecule has 1 rings (SSSR count). The zero-order valence-corrected chi connectivity index (χ0v) is 12.0. The second-order valence-electron chi connectivity index (χ2n) is 4.22. The Kier molecular flexibility index (Phi) is 6.41.